The first-order valence-corrected chi connectivity index (χ1v) is 6.56. The first-order chi connectivity index (χ1) is 8.49. The van der Waals surface area contributed by atoms with Gasteiger partial charge in [-0.05, 0) is 56.0 Å². The highest BCUT2D eigenvalue weighted by Crippen LogP contribution is 2.31. The van der Waals surface area contributed by atoms with Gasteiger partial charge in [0.05, 0.1) is 12.8 Å². The van der Waals surface area contributed by atoms with Gasteiger partial charge in [-0.15, -0.1) is 0 Å². The zero-order chi connectivity index (χ0) is 13.7. The van der Waals surface area contributed by atoms with Crippen molar-refractivity contribution in [2.75, 3.05) is 32.1 Å². The van der Waals surface area contributed by atoms with Crippen LogP contribution in [0.4, 0.5) is 5.69 Å². The van der Waals surface area contributed by atoms with Gasteiger partial charge in [0.1, 0.15) is 5.75 Å². The van der Waals surface area contributed by atoms with E-state index in [-0.39, 0.29) is 0 Å². The highest BCUT2D eigenvalue weighted by atomic mass is 16.5. The minimum atomic E-state index is 0.589. The summed E-state index contributed by atoms with van der Waals surface area (Å²) in [7, 11) is 3.84. The van der Waals surface area contributed by atoms with Crippen molar-refractivity contribution < 1.29 is 4.74 Å². The molecule has 0 bridgehead atoms. The number of ether oxygens (including phenoxy) is 1. The molecule has 0 aliphatic heterocycles. The van der Waals surface area contributed by atoms with Gasteiger partial charge < -0.3 is 15.4 Å². The molecule has 18 heavy (non-hydrogen) atoms. The number of hydrogen-bond acceptors (Lipinski definition) is 3. The highest BCUT2D eigenvalue weighted by Gasteiger charge is 2.12. The van der Waals surface area contributed by atoms with Crippen LogP contribution in [0.15, 0.2) is 12.1 Å². The lowest BCUT2D eigenvalue weighted by atomic mass is 10.1. The molecule has 102 valence electrons. The molecule has 1 unspecified atom stereocenters. The largest absolute Gasteiger partial charge is 0.495 e. The third kappa shape index (κ3) is 3.64. The number of aryl methyl sites for hydroxylation is 2. The number of methoxy groups -OCH3 is 1. The molecule has 1 rings (SSSR count). The Hall–Kier alpha value is -1.22. The molecule has 1 atom stereocenters. The van der Waals surface area contributed by atoms with Gasteiger partial charge in [0.2, 0.25) is 0 Å². The molecule has 0 heterocycles. The summed E-state index contributed by atoms with van der Waals surface area (Å²) in [5.41, 5.74) is 9.32. The second kappa shape index (κ2) is 6.64. The zero-order valence-corrected chi connectivity index (χ0v) is 12.3. The van der Waals surface area contributed by atoms with E-state index < -0.39 is 0 Å². The Kier molecular flexibility index (Phi) is 5.48. The van der Waals surface area contributed by atoms with E-state index >= 15 is 0 Å². The molecule has 3 nitrogen and oxygen atoms in total. The van der Waals surface area contributed by atoms with Crippen LogP contribution in [0.25, 0.3) is 0 Å². The van der Waals surface area contributed by atoms with Crippen LogP contribution >= 0.6 is 0 Å². The molecule has 0 radical (unpaired) electrons. The van der Waals surface area contributed by atoms with Gasteiger partial charge in [-0.3, -0.25) is 0 Å². The highest BCUT2D eigenvalue weighted by molar-refractivity contribution is 5.61. The quantitative estimate of drug-likeness (QED) is 0.843. The molecule has 0 saturated heterocycles. The standard InChI is InChI=1S/C15H26N2O/c1-11(6-7-16)10-17(4)14-8-12(2)13(3)9-15(14)18-5/h8-9,11H,6-7,10,16H2,1-5H3. The van der Waals surface area contributed by atoms with Crippen molar-refractivity contribution in [1.82, 2.24) is 0 Å². The normalized spacial score (nSPS) is 12.3. The molecule has 0 fully saturated rings. The maximum absolute atomic E-state index is 5.60. The number of anilines is 1. The Labute approximate surface area is 111 Å². The molecule has 0 spiro atoms. The summed E-state index contributed by atoms with van der Waals surface area (Å²) in [6.07, 6.45) is 1.05. The van der Waals surface area contributed by atoms with Gasteiger partial charge in [-0.2, -0.15) is 0 Å². The molecular weight excluding hydrogens is 224 g/mol. The summed E-state index contributed by atoms with van der Waals surface area (Å²) in [4.78, 5) is 2.26. The van der Waals surface area contributed by atoms with Crippen LogP contribution in [-0.4, -0.2) is 27.2 Å². The van der Waals surface area contributed by atoms with Crippen LogP contribution in [0, 0.1) is 19.8 Å². The predicted molar refractivity (Wildman–Crippen MR) is 78.6 cm³/mol. The van der Waals surface area contributed by atoms with E-state index in [1.54, 1.807) is 7.11 Å². The maximum atomic E-state index is 5.60. The molecule has 1 aromatic rings. The summed E-state index contributed by atoms with van der Waals surface area (Å²) in [5, 5.41) is 0. The SMILES string of the molecule is COc1cc(C)c(C)cc1N(C)CC(C)CCN. The van der Waals surface area contributed by atoms with E-state index in [0.29, 0.717) is 5.92 Å². The van der Waals surface area contributed by atoms with Crippen molar-refractivity contribution in [1.29, 1.82) is 0 Å². The summed E-state index contributed by atoms with van der Waals surface area (Å²) in [5.74, 6) is 1.53. The molecule has 0 aromatic heterocycles. The minimum absolute atomic E-state index is 0.589. The van der Waals surface area contributed by atoms with E-state index in [9.17, 15) is 0 Å². The molecule has 1 aromatic carbocycles. The predicted octanol–water partition coefficient (Wildman–Crippen LogP) is 2.73. The lowest BCUT2D eigenvalue weighted by molar-refractivity contribution is 0.413. The third-order valence-corrected chi connectivity index (χ3v) is 3.45. The fraction of sp³-hybridized carbons (Fsp3) is 0.600. The molecule has 2 N–H and O–H groups in total. The van der Waals surface area contributed by atoms with Crippen LogP contribution in [-0.2, 0) is 0 Å². The van der Waals surface area contributed by atoms with Gasteiger partial charge >= 0.3 is 0 Å². The van der Waals surface area contributed by atoms with Gasteiger partial charge in [0.25, 0.3) is 0 Å². The van der Waals surface area contributed by atoms with Crippen molar-refractivity contribution in [3.8, 4) is 5.75 Å². The average molecular weight is 250 g/mol. The summed E-state index contributed by atoms with van der Waals surface area (Å²) in [6, 6.07) is 4.30. The van der Waals surface area contributed by atoms with Gasteiger partial charge in [-0.1, -0.05) is 6.92 Å². The number of hydrogen-bond donors (Lipinski definition) is 1. The Morgan fingerprint density at radius 3 is 2.44 bits per heavy atom. The van der Waals surface area contributed by atoms with Crippen molar-refractivity contribution in [2.24, 2.45) is 11.7 Å². The van der Waals surface area contributed by atoms with E-state index in [4.69, 9.17) is 10.5 Å². The van der Waals surface area contributed by atoms with Gasteiger partial charge in [0.15, 0.2) is 0 Å². The van der Waals surface area contributed by atoms with Crippen molar-refractivity contribution in [3.63, 3.8) is 0 Å². The molecule has 0 aliphatic carbocycles. The smallest absolute Gasteiger partial charge is 0.142 e. The van der Waals surface area contributed by atoms with Gasteiger partial charge in [0, 0.05) is 13.6 Å². The van der Waals surface area contributed by atoms with E-state index in [1.165, 1.54) is 11.1 Å². The molecule has 0 aliphatic rings. The number of benzene rings is 1. The fourth-order valence-electron chi connectivity index (χ4n) is 2.18. The first-order valence-electron chi connectivity index (χ1n) is 6.56. The van der Waals surface area contributed by atoms with Crippen LogP contribution in [0.2, 0.25) is 0 Å². The van der Waals surface area contributed by atoms with Crippen LogP contribution in [0.3, 0.4) is 0 Å². The van der Waals surface area contributed by atoms with Crippen molar-refractivity contribution in [2.45, 2.75) is 27.2 Å². The Balaban J connectivity index is 2.90. The van der Waals surface area contributed by atoms with Crippen molar-refractivity contribution in [3.05, 3.63) is 23.3 Å². The number of rotatable bonds is 6. The van der Waals surface area contributed by atoms with E-state index in [0.717, 1.165) is 30.9 Å². The lowest BCUT2D eigenvalue weighted by Crippen LogP contribution is -2.25. The Bertz CT molecular complexity index is 390. The maximum Gasteiger partial charge on any atom is 0.142 e. The number of nitrogens with zero attached hydrogens (tertiary/aromatic N) is 1. The fourth-order valence-corrected chi connectivity index (χ4v) is 2.18. The average Bonchev–Trinajstić information content (AvgIpc) is 2.32. The van der Waals surface area contributed by atoms with Gasteiger partial charge in [-0.25, -0.2) is 0 Å². The van der Waals surface area contributed by atoms with Crippen LogP contribution < -0.4 is 15.4 Å². The molecular formula is C15H26N2O. The van der Waals surface area contributed by atoms with Crippen LogP contribution in [0.5, 0.6) is 5.75 Å². The van der Waals surface area contributed by atoms with Crippen molar-refractivity contribution >= 4 is 5.69 Å². The second-order valence-electron chi connectivity index (χ2n) is 5.17. The zero-order valence-electron chi connectivity index (χ0n) is 12.3. The van der Waals surface area contributed by atoms with E-state index in [1.807, 2.05) is 0 Å². The van der Waals surface area contributed by atoms with Crippen LogP contribution in [0.1, 0.15) is 24.5 Å². The monoisotopic (exact) mass is 250 g/mol. The Morgan fingerprint density at radius 2 is 1.89 bits per heavy atom. The topological polar surface area (TPSA) is 38.5 Å². The minimum Gasteiger partial charge on any atom is -0.495 e. The van der Waals surface area contributed by atoms with E-state index in [2.05, 4.69) is 44.9 Å². The third-order valence-electron chi connectivity index (χ3n) is 3.45. The first kappa shape index (κ1) is 14.8. The second-order valence-corrected chi connectivity index (χ2v) is 5.17. The Morgan fingerprint density at radius 1 is 1.28 bits per heavy atom. The molecule has 0 saturated carbocycles. The molecule has 0 amide bonds. The molecule has 3 heteroatoms. The lowest BCUT2D eigenvalue weighted by Gasteiger charge is -2.26. The summed E-state index contributed by atoms with van der Waals surface area (Å²) < 4.78 is 5.48. The summed E-state index contributed by atoms with van der Waals surface area (Å²) in [6.45, 7) is 8.22. The summed E-state index contributed by atoms with van der Waals surface area (Å²) >= 11 is 0. The number of nitrogens with two attached hydrogens (primary N) is 1.